The lowest BCUT2D eigenvalue weighted by Gasteiger charge is -2.13. The van der Waals surface area contributed by atoms with E-state index in [0.717, 1.165) is 0 Å². The molecule has 0 saturated carbocycles. The molecule has 0 aliphatic heterocycles. The van der Waals surface area contributed by atoms with Gasteiger partial charge in [0.15, 0.2) is 0 Å². The van der Waals surface area contributed by atoms with Gasteiger partial charge in [0.2, 0.25) is 0 Å². The lowest BCUT2D eigenvalue weighted by Crippen LogP contribution is -2.24. The predicted octanol–water partition coefficient (Wildman–Crippen LogP) is 1.30. The van der Waals surface area contributed by atoms with E-state index in [4.69, 9.17) is 10.4 Å². The monoisotopic (exact) mass is 321 g/mol. The van der Waals surface area contributed by atoms with E-state index in [9.17, 15) is 13.6 Å². The topological polar surface area (TPSA) is 88.1 Å². The minimum Gasteiger partial charge on any atom is -0.434 e. The molecule has 0 amide bonds. The maximum absolute atomic E-state index is 12.5. The summed E-state index contributed by atoms with van der Waals surface area (Å²) in [4.78, 5) is 15.5. The van der Waals surface area contributed by atoms with Crippen LogP contribution in [0.25, 0.3) is 0 Å². The smallest absolute Gasteiger partial charge is 0.387 e. The SMILES string of the molecule is N#Cc1ccc(Cn2cc(CCO)cnc2=O)c(OC(F)F)c1. The van der Waals surface area contributed by atoms with Gasteiger partial charge in [-0.15, -0.1) is 0 Å². The van der Waals surface area contributed by atoms with E-state index in [1.807, 2.05) is 6.07 Å². The number of ether oxygens (including phenoxy) is 1. The summed E-state index contributed by atoms with van der Waals surface area (Å²) < 4.78 is 30.7. The zero-order valence-corrected chi connectivity index (χ0v) is 11.9. The van der Waals surface area contributed by atoms with Gasteiger partial charge in [0.1, 0.15) is 5.75 Å². The molecule has 1 N–H and O–H groups in total. The Kier molecular flexibility index (Phi) is 5.38. The molecule has 23 heavy (non-hydrogen) atoms. The predicted molar refractivity (Wildman–Crippen MR) is 76.2 cm³/mol. The average Bonchev–Trinajstić information content (AvgIpc) is 2.52. The fourth-order valence-electron chi connectivity index (χ4n) is 2.02. The lowest BCUT2D eigenvalue weighted by molar-refractivity contribution is -0.0505. The number of aliphatic hydroxyl groups is 1. The van der Waals surface area contributed by atoms with Gasteiger partial charge in [0.25, 0.3) is 0 Å². The molecule has 2 aromatic rings. The van der Waals surface area contributed by atoms with Crippen LogP contribution < -0.4 is 10.4 Å². The van der Waals surface area contributed by atoms with Crippen LogP contribution in [-0.2, 0) is 13.0 Å². The van der Waals surface area contributed by atoms with Crippen molar-refractivity contribution in [2.24, 2.45) is 0 Å². The van der Waals surface area contributed by atoms with Gasteiger partial charge >= 0.3 is 12.3 Å². The number of hydrogen-bond donors (Lipinski definition) is 1. The Bertz CT molecular complexity index is 784. The first kappa shape index (κ1) is 16.6. The summed E-state index contributed by atoms with van der Waals surface area (Å²) in [5.41, 5.74) is 0.564. The third kappa shape index (κ3) is 4.34. The summed E-state index contributed by atoms with van der Waals surface area (Å²) in [5.74, 6) is -0.168. The molecule has 0 atom stereocenters. The molecule has 2 rings (SSSR count). The van der Waals surface area contributed by atoms with E-state index in [-0.39, 0.29) is 24.5 Å². The molecule has 0 bridgehead atoms. The molecule has 6 nitrogen and oxygen atoms in total. The van der Waals surface area contributed by atoms with Crippen LogP contribution in [0.3, 0.4) is 0 Å². The van der Waals surface area contributed by atoms with Crippen molar-refractivity contribution in [2.75, 3.05) is 6.61 Å². The van der Waals surface area contributed by atoms with E-state index < -0.39 is 12.3 Å². The molecule has 0 fully saturated rings. The van der Waals surface area contributed by atoms with Gasteiger partial charge in [-0.3, -0.25) is 4.57 Å². The first-order valence-electron chi connectivity index (χ1n) is 6.67. The van der Waals surface area contributed by atoms with Crippen molar-refractivity contribution in [3.05, 3.63) is 57.8 Å². The number of benzene rings is 1. The van der Waals surface area contributed by atoms with E-state index >= 15 is 0 Å². The minimum absolute atomic E-state index is 0.0428. The van der Waals surface area contributed by atoms with Crippen molar-refractivity contribution in [1.29, 1.82) is 5.26 Å². The van der Waals surface area contributed by atoms with Crippen LogP contribution in [0.5, 0.6) is 5.75 Å². The van der Waals surface area contributed by atoms with Crippen molar-refractivity contribution in [1.82, 2.24) is 9.55 Å². The molecule has 0 saturated heterocycles. The maximum Gasteiger partial charge on any atom is 0.387 e. The van der Waals surface area contributed by atoms with Crippen molar-refractivity contribution >= 4 is 0 Å². The maximum atomic E-state index is 12.5. The van der Waals surface area contributed by atoms with Crippen LogP contribution in [0, 0.1) is 11.3 Å². The number of hydrogen-bond acceptors (Lipinski definition) is 5. The Labute approximate surface area is 130 Å². The first-order valence-corrected chi connectivity index (χ1v) is 6.67. The normalized spacial score (nSPS) is 10.6. The van der Waals surface area contributed by atoms with Crippen LogP contribution in [0.1, 0.15) is 16.7 Å². The molecule has 0 aliphatic carbocycles. The third-order valence-corrected chi connectivity index (χ3v) is 3.06. The molecule has 120 valence electrons. The standard InChI is InChI=1S/C15H13F2N3O3/c16-14(17)23-13-5-10(6-18)1-2-12(13)9-20-8-11(3-4-21)7-19-15(20)22/h1-2,5,7-8,14,21H,3-4,9H2. The van der Waals surface area contributed by atoms with Gasteiger partial charge in [-0.2, -0.15) is 14.0 Å². The molecule has 1 aromatic heterocycles. The average molecular weight is 321 g/mol. The quantitative estimate of drug-likeness (QED) is 0.866. The molecular weight excluding hydrogens is 308 g/mol. The highest BCUT2D eigenvalue weighted by molar-refractivity contribution is 5.42. The highest BCUT2D eigenvalue weighted by Crippen LogP contribution is 2.23. The number of rotatable bonds is 6. The highest BCUT2D eigenvalue weighted by atomic mass is 19.3. The van der Waals surface area contributed by atoms with Crippen LogP contribution in [0.4, 0.5) is 8.78 Å². The van der Waals surface area contributed by atoms with Crippen LogP contribution in [-0.4, -0.2) is 27.9 Å². The molecule has 0 aliphatic rings. The molecular formula is C15H13F2N3O3. The highest BCUT2D eigenvalue weighted by Gasteiger charge is 2.12. The molecule has 1 aromatic carbocycles. The number of aliphatic hydroxyl groups excluding tert-OH is 1. The van der Waals surface area contributed by atoms with Gasteiger partial charge < -0.3 is 9.84 Å². The number of nitrogens with zero attached hydrogens (tertiary/aromatic N) is 3. The van der Waals surface area contributed by atoms with Gasteiger partial charge in [0.05, 0.1) is 18.2 Å². The van der Waals surface area contributed by atoms with Crippen LogP contribution in [0.2, 0.25) is 0 Å². The van der Waals surface area contributed by atoms with E-state index in [1.54, 1.807) is 0 Å². The Morgan fingerprint density at radius 3 is 2.87 bits per heavy atom. The van der Waals surface area contributed by atoms with Crippen LogP contribution in [0.15, 0.2) is 35.4 Å². The van der Waals surface area contributed by atoms with Crippen molar-refractivity contribution in [2.45, 2.75) is 19.6 Å². The van der Waals surface area contributed by atoms with Crippen LogP contribution >= 0.6 is 0 Å². The number of alkyl halides is 2. The zero-order chi connectivity index (χ0) is 16.8. The number of aromatic nitrogens is 2. The van der Waals surface area contributed by atoms with Crippen molar-refractivity contribution in [3.8, 4) is 11.8 Å². The number of halogens is 2. The van der Waals surface area contributed by atoms with Gasteiger partial charge in [-0.05, 0) is 24.1 Å². The summed E-state index contributed by atoms with van der Waals surface area (Å²) in [6.45, 7) is -3.19. The van der Waals surface area contributed by atoms with E-state index in [1.165, 1.54) is 35.2 Å². The molecule has 8 heteroatoms. The van der Waals surface area contributed by atoms with E-state index in [0.29, 0.717) is 17.5 Å². The second-order valence-corrected chi connectivity index (χ2v) is 4.66. The Balaban J connectivity index is 2.37. The Morgan fingerprint density at radius 1 is 1.43 bits per heavy atom. The fraction of sp³-hybridized carbons (Fsp3) is 0.267. The molecule has 0 unspecified atom stereocenters. The zero-order valence-electron chi connectivity index (χ0n) is 11.9. The van der Waals surface area contributed by atoms with E-state index in [2.05, 4.69) is 9.72 Å². The largest absolute Gasteiger partial charge is 0.434 e. The van der Waals surface area contributed by atoms with Crippen molar-refractivity contribution < 1.29 is 18.6 Å². The minimum atomic E-state index is -3.04. The summed E-state index contributed by atoms with van der Waals surface area (Å²) in [6.07, 6.45) is 3.17. The summed E-state index contributed by atoms with van der Waals surface area (Å²) >= 11 is 0. The van der Waals surface area contributed by atoms with Gasteiger partial charge in [-0.1, -0.05) is 6.07 Å². The Hall–Kier alpha value is -2.79. The molecule has 0 spiro atoms. The molecule has 1 heterocycles. The second-order valence-electron chi connectivity index (χ2n) is 4.66. The summed E-state index contributed by atoms with van der Waals surface area (Å²) in [7, 11) is 0. The molecule has 0 radical (unpaired) electrons. The van der Waals surface area contributed by atoms with Crippen molar-refractivity contribution in [3.63, 3.8) is 0 Å². The summed E-state index contributed by atoms with van der Waals surface area (Å²) in [5, 5.41) is 17.8. The fourth-order valence-corrected chi connectivity index (χ4v) is 2.02. The third-order valence-electron chi connectivity index (χ3n) is 3.06. The Morgan fingerprint density at radius 2 is 2.22 bits per heavy atom. The van der Waals surface area contributed by atoms with Gasteiger partial charge in [0, 0.05) is 24.6 Å². The summed E-state index contributed by atoms with van der Waals surface area (Å²) in [6, 6.07) is 5.92. The first-order chi connectivity index (χ1) is 11.0. The second kappa shape index (κ2) is 7.47. The lowest BCUT2D eigenvalue weighted by atomic mass is 10.1. The van der Waals surface area contributed by atoms with Gasteiger partial charge in [-0.25, -0.2) is 9.78 Å². The number of nitriles is 1.